The number of nitrogens with zero attached hydrogens (tertiary/aromatic N) is 3. The first kappa shape index (κ1) is 16.0. The highest BCUT2D eigenvalue weighted by Gasteiger charge is 2.38. The summed E-state index contributed by atoms with van der Waals surface area (Å²) in [5.74, 6) is -1.25. The molecule has 8 heteroatoms. The van der Waals surface area contributed by atoms with E-state index in [9.17, 15) is 9.59 Å². The Kier molecular flexibility index (Phi) is 4.20. The molecule has 1 N–H and O–H groups in total. The van der Waals surface area contributed by atoms with Crippen LogP contribution in [0.1, 0.15) is 17.5 Å². The molecule has 1 amide bonds. The molecule has 2 heterocycles. The van der Waals surface area contributed by atoms with E-state index in [-0.39, 0.29) is 24.2 Å². The van der Waals surface area contributed by atoms with E-state index >= 15 is 0 Å². The minimum absolute atomic E-state index is 0.0777. The Bertz CT molecular complexity index is 773. The van der Waals surface area contributed by atoms with Gasteiger partial charge in [-0.2, -0.15) is 4.98 Å². The van der Waals surface area contributed by atoms with E-state index < -0.39 is 17.8 Å². The fourth-order valence-corrected chi connectivity index (χ4v) is 2.78. The van der Waals surface area contributed by atoms with Crippen LogP contribution in [0.3, 0.4) is 0 Å². The third kappa shape index (κ3) is 2.94. The van der Waals surface area contributed by atoms with Crippen LogP contribution >= 0.6 is 0 Å². The van der Waals surface area contributed by atoms with E-state index in [0.29, 0.717) is 17.9 Å². The fraction of sp³-hybridized carbons (Fsp3) is 0.375. The summed E-state index contributed by atoms with van der Waals surface area (Å²) in [6, 6.07) is 7.05. The van der Waals surface area contributed by atoms with E-state index in [0.717, 1.165) is 0 Å². The van der Waals surface area contributed by atoms with Gasteiger partial charge in [0.05, 0.1) is 13.0 Å². The van der Waals surface area contributed by atoms with Crippen LogP contribution in [-0.4, -0.2) is 52.2 Å². The number of hydrogen-bond donors (Lipinski definition) is 1. The molecule has 3 rings (SSSR count). The fourth-order valence-electron chi connectivity index (χ4n) is 2.78. The summed E-state index contributed by atoms with van der Waals surface area (Å²) < 4.78 is 10.3. The molecule has 0 radical (unpaired) electrons. The topological polar surface area (TPSA) is 106 Å². The van der Waals surface area contributed by atoms with Crippen molar-refractivity contribution in [2.24, 2.45) is 11.8 Å². The second-order valence-corrected chi connectivity index (χ2v) is 5.79. The summed E-state index contributed by atoms with van der Waals surface area (Å²) in [5, 5.41) is 12.9. The number of amides is 1. The van der Waals surface area contributed by atoms with Gasteiger partial charge in [-0.3, -0.25) is 9.59 Å². The highest BCUT2D eigenvalue weighted by Crippen LogP contribution is 2.26. The SMILES string of the molecule is COc1cccc(-c2nc(C(=O)N3C[C@@H](C)[C@H](C(=O)O)C3)no2)c1. The first-order valence-electron chi connectivity index (χ1n) is 7.50. The second-order valence-electron chi connectivity index (χ2n) is 5.79. The number of rotatable bonds is 4. The number of carboxylic acid groups (broad SMARTS) is 1. The lowest BCUT2D eigenvalue weighted by atomic mass is 9.99. The van der Waals surface area contributed by atoms with Gasteiger partial charge in [0.25, 0.3) is 17.6 Å². The molecule has 1 aliphatic heterocycles. The molecule has 1 aromatic heterocycles. The lowest BCUT2D eigenvalue weighted by Gasteiger charge is -2.12. The maximum absolute atomic E-state index is 12.5. The van der Waals surface area contributed by atoms with Crippen LogP contribution in [0.15, 0.2) is 28.8 Å². The Hall–Kier alpha value is -2.90. The Morgan fingerprint density at radius 3 is 2.83 bits per heavy atom. The maximum Gasteiger partial charge on any atom is 0.308 e. The van der Waals surface area contributed by atoms with Gasteiger partial charge < -0.3 is 19.3 Å². The lowest BCUT2D eigenvalue weighted by Crippen LogP contribution is -2.30. The lowest BCUT2D eigenvalue weighted by molar-refractivity contribution is -0.142. The van der Waals surface area contributed by atoms with Gasteiger partial charge in [0.2, 0.25) is 0 Å². The van der Waals surface area contributed by atoms with Crippen molar-refractivity contribution in [1.29, 1.82) is 0 Å². The summed E-state index contributed by atoms with van der Waals surface area (Å²) in [7, 11) is 1.55. The number of carbonyl (C=O) groups excluding carboxylic acids is 1. The number of carboxylic acids is 1. The molecule has 0 unspecified atom stereocenters. The molecule has 1 aromatic carbocycles. The molecule has 0 aliphatic carbocycles. The van der Waals surface area contributed by atoms with Crippen LogP contribution in [0.2, 0.25) is 0 Å². The summed E-state index contributed by atoms with van der Waals surface area (Å²) in [6.45, 7) is 2.32. The monoisotopic (exact) mass is 331 g/mol. The number of ether oxygens (including phenoxy) is 1. The number of carbonyl (C=O) groups is 2. The summed E-state index contributed by atoms with van der Waals surface area (Å²) in [5.41, 5.74) is 0.638. The van der Waals surface area contributed by atoms with Gasteiger partial charge >= 0.3 is 5.97 Å². The van der Waals surface area contributed by atoms with E-state index in [4.69, 9.17) is 14.4 Å². The molecule has 1 saturated heterocycles. The smallest absolute Gasteiger partial charge is 0.308 e. The highest BCUT2D eigenvalue weighted by atomic mass is 16.5. The molecular formula is C16H17N3O5. The Morgan fingerprint density at radius 1 is 1.38 bits per heavy atom. The largest absolute Gasteiger partial charge is 0.497 e. The van der Waals surface area contributed by atoms with Crippen molar-refractivity contribution in [3.8, 4) is 17.2 Å². The standard InChI is InChI=1S/C16H17N3O5/c1-9-7-19(8-12(9)16(21)22)15(20)13-17-14(24-18-13)10-4-3-5-11(6-10)23-2/h3-6,9,12H,7-8H2,1-2H3,(H,21,22)/t9-,12-/m1/s1. The molecular weight excluding hydrogens is 314 g/mol. The first-order chi connectivity index (χ1) is 11.5. The van der Waals surface area contributed by atoms with Crippen LogP contribution in [0.5, 0.6) is 5.75 Å². The van der Waals surface area contributed by atoms with Gasteiger partial charge in [0, 0.05) is 18.7 Å². The van der Waals surface area contributed by atoms with Crippen molar-refractivity contribution in [3.63, 3.8) is 0 Å². The molecule has 1 aliphatic rings. The van der Waals surface area contributed by atoms with Gasteiger partial charge in [-0.15, -0.1) is 0 Å². The number of likely N-dealkylation sites (tertiary alicyclic amines) is 1. The normalized spacial score (nSPS) is 20.2. The Labute approximate surface area is 138 Å². The molecule has 2 aromatic rings. The van der Waals surface area contributed by atoms with Crippen molar-refractivity contribution >= 4 is 11.9 Å². The zero-order chi connectivity index (χ0) is 17.3. The van der Waals surface area contributed by atoms with Crippen LogP contribution in [-0.2, 0) is 4.79 Å². The third-order valence-corrected chi connectivity index (χ3v) is 4.15. The second kappa shape index (κ2) is 6.31. The quantitative estimate of drug-likeness (QED) is 0.905. The molecule has 0 bridgehead atoms. The molecule has 126 valence electrons. The predicted molar refractivity (Wildman–Crippen MR) is 82.5 cm³/mol. The van der Waals surface area contributed by atoms with Crippen LogP contribution in [0, 0.1) is 11.8 Å². The van der Waals surface area contributed by atoms with Crippen LogP contribution in [0.4, 0.5) is 0 Å². The molecule has 1 fully saturated rings. The van der Waals surface area contributed by atoms with Crippen molar-refractivity contribution in [3.05, 3.63) is 30.1 Å². The molecule has 24 heavy (non-hydrogen) atoms. The van der Waals surface area contributed by atoms with E-state index in [1.54, 1.807) is 31.4 Å². The van der Waals surface area contributed by atoms with Crippen molar-refractivity contribution in [2.75, 3.05) is 20.2 Å². The van der Waals surface area contributed by atoms with Gasteiger partial charge in [0.1, 0.15) is 5.75 Å². The first-order valence-corrected chi connectivity index (χ1v) is 7.50. The molecule has 0 saturated carbocycles. The summed E-state index contributed by atoms with van der Waals surface area (Å²) >= 11 is 0. The number of hydrogen-bond acceptors (Lipinski definition) is 6. The zero-order valence-electron chi connectivity index (χ0n) is 13.3. The van der Waals surface area contributed by atoms with Gasteiger partial charge in [-0.05, 0) is 24.1 Å². The minimum Gasteiger partial charge on any atom is -0.497 e. The average molecular weight is 331 g/mol. The number of aromatic nitrogens is 2. The van der Waals surface area contributed by atoms with E-state index in [1.807, 2.05) is 6.92 Å². The average Bonchev–Trinajstić information content (AvgIpc) is 3.21. The third-order valence-electron chi connectivity index (χ3n) is 4.15. The van der Waals surface area contributed by atoms with E-state index in [1.165, 1.54) is 4.90 Å². The van der Waals surface area contributed by atoms with Gasteiger partial charge in [0.15, 0.2) is 0 Å². The van der Waals surface area contributed by atoms with Crippen LogP contribution in [0.25, 0.3) is 11.5 Å². The molecule has 2 atom stereocenters. The molecule has 0 spiro atoms. The summed E-state index contributed by atoms with van der Waals surface area (Å²) in [4.78, 5) is 29.2. The van der Waals surface area contributed by atoms with E-state index in [2.05, 4.69) is 10.1 Å². The zero-order valence-corrected chi connectivity index (χ0v) is 13.3. The van der Waals surface area contributed by atoms with Crippen molar-refractivity contribution in [2.45, 2.75) is 6.92 Å². The highest BCUT2D eigenvalue weighted by molar-refractivity contribution is 5.91. The van der Waals surface area contributed by atoms with Gasteiger partial charge in [-0.25, -0.2) is 0 Å². The van der Waals surface area contributed by atoms with Crippen molar-refractivity contribution < 1.29 is 24.0 Å². The van der Waals surface area contributed by atoms with Gasteiger partial charge in [-0.1, -0.05) is 18.1 Å². The number of benzene rings is 1. The van der Waals surface area contributed by atoms with Crippen molar-refractivity contribution in [1.82, 2.24) is 15.0 Å². The predicted octanol–water partition coefficient (Wildman–Crippen LogP) is 1.54. The molecule has 8 nitrogen and oxygen atoms in total. The number of methoxy groups -OCH3 is 1. The maximum atomic E-state index is 12.5. The Balaban J connectivity index is 1.78. The summed E-state index contributed by atoms with van der Waals surface area (Å²) in [6.07, 6.45) is 0. The minimum atomic E-state index is -0.900. The number of aliphatic carboxylic acids is 1. The Morgan fingerprint density at radius 2 is 2.17 bits per heavy atom. The van der Waals surface area contributed by atoms with Crippen LogP contribution < -0.4 is 4.74 Å².